The van der Waals surface area contributed by atoms with Crippen molar-refractivity contribution in [3.05, 3.63) is 107 Å². The minimum atomic E-state index is -4.47. The van der Waals surface area contributed by atoms with Crippen LogP contribution in [-0.4, -0.2) is 15.3 Å². The maximum absolute atomic E-state index is 13.4. The molecule has 0 fully saturated rings. The van der Waals surface area contributed by atoms with Gasteiger partial charge in [-0.25, -0.2) is 4.98 Å². The van der Waals surface area contributed by atoms with Gasteiger partial charge >= 0.3 is 6.18 Å². The van der Waals surface area contributed by atoms with E-state index in [2.05, 4.69) is 10.3 Å². The zero-order valence-electron chi connectivity index (χ0n) is 18.3. The molecule has 33 heavy (non-hydrogen) atoms. The third-order valence-corrected chi connectivity index (χ3v) is 5.79. The number of pyridine rings is 1. The quantitative estimate of drug-likeness (QED) is 0.387. The maximum Gasteiger partial charge on any atom is 0.416 e. The van der Waals surface area contributed by atoms with E-state index in [1.807, 2.05) is 66.8 Å². The van der Waals surface area contributed by atoms with Crippen molar-refractivity contribution in [1.29, 1.82) is 0 Å². The van der Waals surface area contributed by atoms with E-state index < -0.39 is 17.7 Å². The van der Waals surface area contributed by atoms with Crippen LogP contribution in [0.5, 0.6) is 0 Å². The van der Waals surface area contributed by atoms with Crippen LogP contribution in [0.4, 0.5) is 13.2 Å². The third-order valence-electron chi connectivity index (χ3n) is 5.79. The molecule has 0 aliphatic carbocycles. The van der Waals surface area contributed by atoms with Crippen LogP contribution in [0.15, 0.2) is 79.0 Å². The van der Waals surface area contributed by atoms with E-state index in [1.165, 1.54) is 6.07 Å². The normalized spacial score (nSPS) is 13.6. The number of carbonyl (C=O) groups is 1. The van der Waals surface area contributed by atoms with E-state index in [0.717, 1.165) is 23.4 Å². The maximum atomic E-state index is 13.4. The number of amides is 1. The second-order valence-electron chi connectivity index (χ2n) is 8.12. The van der Waals surface area contributed by atoms with Gasteiger partial charge in [0.2, 0.25) is 5.91 Å². The summed E-state index contributed by atoms with van der Waals surface area (Å²) >= 11 is 0. The Morgan fingerprint density at radius 2 is 1.70 bits per heavy atom. The Hall–Kier alpha value is -3.61. The molecule has 4 aromatic rings. The van der Waals surface area contributed by atoms with E-state index in [0.29, 0.717) is 16.9 Å². The highest BCUT2D eigenvalue weighted by molar-refractivity contribution is 5.78. The monoisotopic (exact) mass is 451 g/mol. The van der Waals surface area contributed by atoms with Gasteiger partial charge in [0.25, 0.3) is 0 Å². The summed E-state index contributed by atoms with van der Waals surface area (Å²) in [6, 6.07) is 20.1. The van der Waals surface area contributed by atoms with Gasteiger partial charge in [0, 0.05) is 24.2 Å². The molecule has 7 heteroatoms. The fourth-order valence-corrected chi connectivity index (χ4v) is 4.11. The Morgan fingerprint density at radius 1 is 1.00 bits per heavy atom. The fraction of sp³-hybridized carbons (Fsp3) is 0.231. The molecular formula is C26H24F3N3O. The summed E-state index contributed by atoms with van der Waals surface area (Å²) in [5.41, 5.74) is 2.86. The summed E-state index contributed by atoms with van der Waals surface area (Å²) in [7, 11) is 0. The number of nitrogens with zero attached hydrogens (tertiary/aromatic N) is 2. The first kappa shape index (κ1) is 22.6. The average molecular weight is 451 g/mol. The molecule has 2 heterocycles. The third kappa shape index (κ3) is 4.92. The number of hydrogen-bond donors (Lipinski definition) is 1. The Kier molecular flexibility index (Phi) is 6.22. The highest BCUT2D eigenvalue weighted by Gasteiger charge is 2.32. The van der Waals surface area contributed by atoms with Crippen LogP contribution in [0.3, 0.4) is 0 Å². The Bertz CT molecular complexity index is 1260. The molecule has 0 aliphatic rings. The summed E-state index contributed by atoms with van der Waals surface area (Å²) in [5, 5.41) is 2.98. The van der Waals surface area contributed by atoms with Gasteiger partial charge in [-0.15, -0.1) is 0 Å². The van der Waals surface area contributed by atoms with Gasteiger partial charge in [-0.3, -0.25) is 4.79 Å². The molecule has 2 atom stereocenters. The number of benzene rings is 2. The van der Waals surface area contributed by atoms with Gasteiger partial charge < -0.3 is 9.72 Å². The van der Waals surface area contributed by atoms with Crippen LogP contribution in [-0.2, 0) is 11.0 Å². The highest BCUT2D eigenvalue weighted by Crippen LogP contribution is 2.35. The largest absolute Gasteiger partial charge is 0.416 e. The molecule has 170 valence electrons. The van der Waals surface area contributed by atoms with E-state index >= 15 is 0 Å². The summed E-state index contributed by atoms with van der Waals surface area (Å²) in [6.45, 7) is 3.78. The molecule has 0 saturated carbocycles. The lowest BCUT2D eigenvalue weighted by molar-refractivity contribution is -0.137. The number of rotatable bonds is 6. The molecule has 0 radical (unpaired) electrons. The molecule has 4 rings (SSSR count). The average Bonchev–Trinajstić information content (AvgIpc) is 3.23. The SMILES string of the molecule is Cc1cccc2ncc(C(CC(=O)NC(C)c3ccccc3)c3cccc(C(F)(F)F)c3)n12. The van der Waals surface area contributed by atoms with E-state index in [4.69, 9.17) is 0 Å². The first-order chi connectivity index (χ1) is 15.7. The Morgan fingerprint density at radius 3 is 2.42 bits per heavy atom. The van der Waals surface area contributed by atoms with Gasteiger partial charge in [-0.1, -0.05) is 54.6 Å². The first-order valence-electron chi connectivity index (χ1n) is 10.7. The molecular weight excluding hydrogens is 427 g/mol. The van der Waals surface area contributed by atoms with Crippen LogP contribution in [0.25, 0.3) is 5.65 Å². The van der Waals surface area contributed by atoms with Crippen LogP contribution in [0.2, 0.25) is 0 Å². The predicted molar refractivity (Wildman–Crippen MR) is 121 cm³/mol. The molecule has 0 spiro atoms. The molecule has 4 nitrogen and oxygen atoms in total. The smallest absolute Gasteiger partial charge is 0.350 e. The second kappa shape index (κ2) is 9.10. The molecule has 2 aromatic carbocycles. The van der Waals surface area contributed by atoms with Crippen molar-refractivity contribution in [2.75, 3.05) is 0 Å². The van der Waals surface area contributed by atoms with Gasteiger partial charge in [-0.2, -0.15) is 13.2 Å². The van der Waals surface area contributed by atoms with E-state index in [9.17, 15) is 18.0 Å². The number of alkyl halides is 3. The second-order valence-corrected chi connectivity index (χ2v) is 8.12. The molecule has 1 amide bonds. The minimum absolute atomic E-state index is 0.0133. The van der Waals surface area contributed by atoms with Gasteiger partial charge in [0.1, 0.15) is 5.65 Å². The van der Waals surface area contributed by atoms with E-state index in [1.54, 1.807) is 12.3 Å². The summed E-state index contributed by atoms with van der Waals surface area (Å²) in [5.74, 6) is -0.858. The van der Waals surface area contributed by atoms with E-state index in [-0.39, 0.29) is 18.4 Å². The topological polar surface area (TPSA) is 46.4 Å². The lowest BCUT2D eigenvalue weighted by Gasteiger charge is -2.21. The van der Waals surface area contributed by atoms with Crippen molar-refractivity contribution in [2.45, 2.75) is 38.4 Å². The Balaban J connectivity index is 1.71. The van der Waals surface area contributed by atoms with Crippen LogP contribution in [0.1, 0.15) is 53.4 Å². The van der Waals surface area contributed by atoms with Crippen LogP contribution < -0.4 is 5.32 Å². The molecule has 2 unspecified atom stereocenters. The van der Waals surface area contributed by atoms with Crippen molar-refractivity contribution in [3.63, 3.8) is 0 Å². The van der Waals surface area contributed by atoms with Gasteiger partial charge in [0.15, 0.2) is 0 Å². The highest BCUT2D eigenvalue weighted by atomic mass is 19.4. The standard InChI is InChI=1S/C26H24F3N3O/c1-17-8-6-13-24-30-16-23(32(17)24)22(20-11-7-12-21(14-20)26(27,28)29)15-25(33)31-18(2)19-9-4-3-5-10-19/h3-14,16,18,22H,15H2,1-2H3,(H,31,33). The molecule has 0 saturated heterocycles. The van der Waals surface area contributed by atoms with Gasteiger partial charge in [-0.05, 0) is 43.2 Å². The molecule has 2 aromatic heterocycles. The number of imidazole rings is 1. The molecule has 0 aliphatic heterocycles. The number of aryl methyl sites for hydroxylation is 1. The Labute approximate surface area is 190 Å². The lowest BCUT2D eigenvalue weighted by atomic mass is 9.90. The fourth-order valence-electron chi connectivity index (χ4n) is 4.11. The molecule has 0 bridgehead atoms. The van der Waals surface area contributed by atoms with Crippen LogP contribution >= 0.6 is 0 Å². The summed E-state index contributed by atoms with van der Waals surface area (Å²) in [6.07, 6.45) is -2.85. The number of halogens is 3. The van der Waals surface area contributed by atoms with Crippen LogP contribution in [0, 0.1) is 6.92 Å². The van der Waals surface area contributed by atoms with Crippen molar-refractivity contribution in [3.8, 4) is 0 Å². The minimum Gasteiger partial charge on any atom is -0.350 e. The number of aromatic nitrogens is 2. The number of nitrogens with one attached hydrogen (secondary N) is 1. The predicted octanol–water partition coefficient (Wildman–Crippen LogP) is 6.06. The number of carbonyl (C=O) groups excluding carboxylic acids is 1. The summed E-state index contributed by atoms with van der Waals surface area (Å²) < 4.78 is 42.1. The summed E-state index contributed by atoms with van der Waals surface area (Å²) in [4.78, 5) is 17.5. The van der Waals surface area contributed by atoms with Crippen molar-refractivity contribution >= 4 is 11.6 Å². The number of hydrogen-bond acceptors (Lipinski definition) is 2. The number of fused-ring (bicyclic) bond motifs is 1. The van der Waals surface area contributed by atoms with Crippen molar-refractivity contribution < 1.29 is 18.0 Å². The van der Waals surface area contributed by atoms with Gasteiger partial charge in [0.05, 0.1) is 17.3 Å². The van der Waals surface area contributed by atoms with Crippen molar-refractivity contribution in [1.82, 2.24) is 14.7 Å². The lowest BCUT2D eigenvalue weighted by Crippen LogP contribution is -2.28. The first-order valence-corrected chi connectivity index (χ1v) is 10.7. The van der Waals surface area contributed by atoms with Crippen molar-refractivity contribution in [2.24, 2.45) is 0 Å². The molecule has 1 N–H and O–H groups in total. The zero-order valence-corrected chi connectivity index (χ0v) is 18.3. The zero-order chi connectivity index (χ0) is 23.6.